The van der Waals surface area contributed by atoms with Crippen LogP contribution in [0.4, 0.5) is 9.59 Å². The quantitative estimate of drug-likeness (QED) is 0.300. The minimum absolute atomic E-state index is 0.241. The van der Waals surface area contributed by atoms with Crippen molar-refractivity contribution in [3.63, 3.8) is 0 Å². The Bertz CT molecular complexity index is 1180. The van der Waals surface area contributed by atoms with Crippen molar-refractivity contribution >= 4 is 18.0 Å². The summed E-state index contributed by atoms with van der Waals surface area (Å²) >= 11 is 0. The fraction of sp³-hybridized carbons (Fsp3) is 0.300. The lowest BCUT2D eigenvalue weighted by molar-refractivity contribution is -0.124. The second-order valence-corrected chi connectivity index (χ2v) is 9.99. The van der Waals surface area contributed by atoms with Gasteiger partial charge in [0, 0.05) is 6.42 Å². The van der Waals surface area contributed by atoms with Crippen molar-refractivity contribution in [3.05, 3.63) is 108 Å². The number of carbonyl (C=O) groups excluding carboxylic acids is 3. The molecule has 0 radical (unpaired) electrons. The van der Waals surface area contributed by atoms with Crippen molar-refractivity contribution in [2.45, 2.75) is 58.0 Å². The average molecular weight is 517 g/mol. The van der Waals surface area contributed by atoms with Gasteiger partial charge in [0.2, 0.25) is 5.91 Å². The number of hydrogen-bond acceptors (Lipinski definition) is 4. The van der Waals surface area contributed by atoms with E-state index in [1.807, 2.05) is 73.7 Å². The third-order valence-electron chi connectivity index (χ3n) is 5.61. The van der Waals surface area contributed by atoms with Gasteiger partial charge in [-0.3, -0.25) is 4.79 Å². The largest absolute Gasteiger partial charge is 0.444 e. The molecule has 0 heterocycles. The monoisotopic (exact) mass is 516 g/mol. The molecule has 0 aliphatic rings. The molecule has 0 aliphatic heterocycles. The van der Waals surface area contributed by atoms with E-state index < -0.39 is 35.8 Å². The standard InChI is InChI=1S/C30H36N4O4/c1-21(23-16-10-6-11-17-23)31-28(36)33-25(20-22-14-8-5-9-15-22)32-27(35)26(24-18-12-7-13-19-24)34-29(37)38-30(2,3)4/h5-19,21,25-26H,20H2,1-4H3,(H,32,35)(H,34,37)(H2,31,33,36)/t21-,25+,26-/m0/s1. The Hall–Kier alpha value is -4.33. The number of hydrogen-bond donors (Lipinski definition) is 4. The van der Waals surface area contributed by atoms with E-state index in [1.165, 1.54) is 0 Å². The van der Waals surface area contributed by atoms with Crippen LogP contribution in [0.1, 0.15) is 56.5 Å². The van der Waals surface area contributed by atoms with E-state index in [2.05, 4.69) is 21.3 Å². The molecule has 0 fully saturated rings. The molecular formula is C30H36N4O4. The number of rotatable bonds is 9. The second kappa shape index (κ2) is 13.3. The molecule has 3 aromatic rings. The SMILES string of the molecule is C[C@H](NC(=O)N[C@H](Cc1ccccc1)NC(=O)[C@@H](NC(=O)OC(C)(C)C)c1ccccc1)c1ccccc1. The van der Waals surface area contributed by atoms with Crippen molar-refractivity contribution < 1.29 is 19.1 Å². The maximum Gasteiger partial charge on any atom is 0.408 e. The highest BCUT2D eigenvalue weighted by molar-refractivity contribution is 5.87. The molecular weight excluding hydrogens is 480 g/mol. The Morgan fingerprint density at radius 1 is 0.711 bits per heavy atom. The molecule has 0 aromatic heterocycles. The highest BCUT2D eigenvalue weighted by Crippen LogP contribution is 2.16. The molecule has 200 valence electrons. The lowest BCUT2D eigenvalue weighted by Crippen LogP contribution is -2.55. The highest BCUT2D eigenvalue weighted by atomic mass is 16.6. The van der Waals surface area contributed by atoms with E-state index in [1.54, 1.807) is 45.0 Å². The number of benzene rings is 3. The van der Waals surface area contributed by atoms with Gasteiger partial charge in [-0.1, -0.05) is 91.0 Å². The zero-order valence-corrected chi connectivity index (χ0v) is 22.2. The molecule has 0 saturated heterocycles. The van der Waals surface area contributed by atoms with Crippen LogP contribution in [0.3, 0.4) is 0 Å². The van der Waals surface area contributed by atoms with Crippen LogP contribution in [0.2, 0.25) is 0 Å². The van der Waals surface area contributed by atoms with Gasteiger partial charge in [0.1, 0.15) is 17.8 Å². The Labute approximate surface area is 224 Å². The highest BCUT2D eigenvalue weighted by Gasteiger charge is 2.28. The summed E-state index contributed by atoms with van der Waals surface area (Å²) < 4.78 is 5.38. The normalized spacial score (nSPS) is 13.4. The minimum atomic E-state index is -1.03. The minimum Gasteiger partial charge on any atom is -0.444 e. The van der Waals surface area contributed by atoms with Gasteiger partial charge in [-0.15, -0.1) is 0 Å². The van der Waals surface area contributed by atoms with Gasteiger partial charge in [-0.05, 0) is 44.4 Å². The van der Waals surface area contributed by atoms with E-state index in [0.29, 0.717) is 12.0 Å². The molecule has 0 spiro atoms. The lowest BCUT2D eigenvalue weighted by Gasteiger charge is -2.27. The third-order valence-corrected chi connectivity index (χ3v) is 5.61. The first kappa shape index (κ1) is 28.2. The molecule has 0 bridgehead atoms. The van der Waals surface area contributed by atoms with E-state index in [9.17, 15) is 14.4 Å². The van der Waals surface area contributed by atoms with Gasteiger partial charge in [-0.25, -0.2) is 9.59 Å². The Morgan fingerprint density at radius 2 is 1.24 bits per heavy atom. The first-order chi connectivity index (χ1) is 18.1. The fourth-order valence-corrected chi connectivity index (χ4v) is 3.84. The summed E-state index contributed by atoms with van der Waals surface area (Å²) in [4.78, 5) is 39.0. The first-order valence-corrected chi connectivity index (χ1v) is 12.6. The first-order valence-electron chi connectivity index (χ1n) is 12.6. The lowest BCUT2D eigenvalue weighted by atomic mass is 10.1. The Morgan fingerprint density at radius 3 is 1.79 bits per heavy atom. The van der Waals surface area contributed by atoms with Crippen LogP contribution in [0.15, 0.2) is 91.0 Å². The molecule has 8 nitrogen and oxygen atoms in total. The molecule has 0 saturated carbocycles. The summed E-state index contributed by atoms with van der Waals surface area (Å²) in [6.07, 6.45) is -1.13. The average Bonchev–Trinajstić information content (AvgIpc) is 2.87. The predicted octanol–water partition coefficient (Wildman–Crippen LogP) is 5.00. The topological polar surface area (TPSA) is 109 Å². The molecule has 3 atom stereocenters. The van der Waals surface area contributed by atoms with Crippen molar-refractivity contribution in [1.82, 2.24) is 21.3 Å². The van der Waals surface area contributed by atoms with Crippen molar-refractivity contribution in [2.24, 2.45) is 0 Å². The molecule has 38 heavy (non-hydrogen) atoms. The van der Waals surface area contributed by atoms with Crippen LogP contribution in [-0.2, 0) is 16.0 Å². The van der Waals surface area contributed by atoms with Gasteiger partial charge in [0.15, 0.2) is 0 Å². The number of carbonyl (C=O) groups is 3. The molecule has 4 amide bonds. The zero-order chi connectivity index (χ0) is 27.5. The third kappa shape index (κ3) is 9.28. The van der Waals surface area contributed by atoms with Crippen molar-refractivity contribution in [1.29, 1.82) is 0 Å². The summed E-state index contributed by atoms with van der Waals surface area (Å²) in [6.45, 7) is 7.13. The van der Waals surface area contributed by atoms with E-state index in [4.69, 9.17) is 4.74 Å². The Balaban J connectivity index is 1.77. The summed E-state index contributed by atoms with van der Waals surface area (Å²) in [5, 5.41) is 11.3. The summed E-state index contributed by atoms with van der Waals surface area (Å²) in [7, 11) is 0. The van der Waals surface area contributed by atoms with Gasteiger partial charge in [0.25, 0.3) is 0 Å². The number of nitrogens with one attached hydrogen (secondary N) is 4. The molecule has 3 rings (SSSR count). The van der Waals surface area contributed by atoms with Crippen LogP contribution < -0.4 is 21.3 Å². The summed E-state index contributed by atoms with van der Waals surface area (Å²) in [5.41, 5.74) is 1.73. The molecule has 8 heteroatoms. The summed E-state index contributed by atoms with van der Waals surface area (Å²) in [5.74, 6) is -0.487. The number of urea groups is 1. The molecule has 3 aromatic carbocycles. The van der Waals surface area contributed by atoms with E-state index in [0.717, 1.165) is 11.1 Å². The van der Waals surface area contributed by atoms with Gasteiger partial charge < -0.3 is 26.0 Å². The van der Waals surface area contributed by atoms with Gasteiger partial charge in [0.05, 0.1) is 6.04 Å². The smallest absolute Gasteiger partial charge is 0.408 e. The molecule has 0 unspecified atom stereocenters. The van der Waals surface area contributed by atoms with Crippen LogP contribution in [0.25, 0.3) is 0 Å². The van der Waals surface area contributed by atoms with E-state index >= 15 is 0 Å². The molecule has 4 N–H and O–H groups in total. The summed E-state index contributed by atoms with van der Waals surface area (Å²) in [6, 6.07) is 26.3. The van der Waals surface area contributed by atoms with Gasteiger partial charge >= 0.3 is 12.1 Å². The maximum atomic E-state index is 13.5. The number of ether oxygens (including phenoxy) is 1. The van der Waals surface area contributed by atoms with Crippen molar-refractivity contribution in [2.75, 3.05) is 0 Å². The van der Waals surface area contributed by atoms with Crippen LogP contribution in [0, 0.1) is 0 Å². The number of amides is 4. The fourth-order valence-electron chi connectivity index (χ4n) is 3.84. The van der Waals surface area contributed by atoms with Crippen molar-refractivity contribution in [3.8, 4) is 0 Å². The second-order valence-electron chi connectivity index (χ2n) is 9.99. The van der Waals surface area contributed by atoms with E-state index in [-0.39, 0.29) is 6.04 Å². The maximum absolute atomic E-state index is 13.5. The zero-order valence-electron chi connectivity index (χ0n) is 22.2. The molecule has 0 aliphatic carbocycles. The van der Waals surface area contributed by atoms with Crippen LogP contribution in [0.5, 0.6) is 0 Å². The van der Waals surface area contributed by atoms with Crippen LogP contribution >= 0.6 is 0 Å². The number of alkyl carbamates (subject to hydrolysis) is 1. The van der Waals surface area contributed by atoms with Gasteiger partial charge in [-0.2, -0.15) is 0 Å². The predicted molar refractivity (Wildman–Crippen MR) is 147 cm³/mol. The van der Waals surface area contributed by atoms with Crippen LogP contribution in [-0.4, -0.2) is 29.8 Å². The Kier molecular flexibility index (Phi) is 9.87.